The predicted octanol–water partition coefficient (Wildman–Crippen LogP) is 3.72. The third kappa shape index (κ3) is 4.96. The van der Waals surface area contributed by atoms with E-state index in [9.17, 15) is 9.59 Å². The van der Waals surface area contributed by atoms with E-state index < -0.39 is 5.97 Å². The molecule has 2 N–H and O–H groups in total. The number of aliphatic carboxylic acids is 1. The summed E-state index contributed by atoms with van der Waals surface area (Å²) in [4.78, 5) is 23.7. The Balaban J connectivity index is 2.05. The van der Waals surface area contributed by atoms with Gasteiger partial charge >= 0.3 is 5.97 Å². The van der Waals surface area contributed by atoms with Crippen molar-refractivity contribution in [1.29, 1.82) is 0 Å². The van der Waals surface area contributed by atoms with Gasteiger partial charge in [-0.3, -0.25) is 9.59 Å². The van der Waals surface area contributed by atoms with Crippen molar-refractivity contribution in [2.24, 2.45) is 0 Å². The maximum absolute atomic E-state index is 12.3. The van der Waals surface area contributed by atoms with Gasteiger partial charge in [0.1, 0.15) is 4.88 Å². The van der Waals surface area contributed by atoms with Crippen molar-refractivity contribution < 1.29 is 14.7 Å². The molecule has 1 unspecified atom stereocenters. The first-order chi connectivity index (χ1) is 10.6. The number of thiophene rings is 1. The van der Waals surface area contributed by atoms with Crippen LogP contribution in [0.4, 0.5) is 0 Å². The molecule has 0 bridgehead atoms. The first-order valence-electron chi connectivity index (χ1n) is 6.86. The summed E-state index contributed by atoms with van der Waals surface area (Å²) in [5.41, 5.74) is 1.07. The standard InChI is InChI=1S/C16H16BrNO3S/c17-13-8-9-22-15(13)16(21)18-12(6-7-14(19)20)10-11-4-2-1-3-5-11/h1-5,8-9,12H,6-7,10H2,(H,18,21)(H,19,20). The van der Waals surface area contributed by atoms with E-state index in [2.05, 4.69) is 21.2 Å². The number of benzene rings is 1. The number of carbonyl (C=O) groups excluding carboxylic acids is 1. The fraction of sp³-hybridized carbons (Fsp3) is 0.250. The molecule has 0 radical (unpaired) electrons. The summed E-state index contributed by atoms with van der Waals surface area (Å²) < 4.78 is 0.756. The number of nitrogens with one attached hydrogen (secondary N) is 1. The van der Waals surface area contributed by atoms with E-state index in [1.807, 2.05) is 41.8 Å². The molecule has 0 aliphatic heterocycles. The van der Waals surface area contributed by atoms with Crippen LogP contribution in [0, 0.1) is 0 Å². The van der Waals surface area contributed by atoms with Crippen LogP contribution in [0.3, 0.4) is 0 Å². The monoisotopic (exact) mass is 381 g/mol. The quantitative estimate of drug-likeness (QED) is 0.767. The summed E-state index contributed by atoms with van der Waals surface area (Å²) in [6.07, 6.45) is 1.05. The summed E-state index contributed by atoms with van der Waals surface area (Å²) in [5.74, 6) is -1.03. The Morgan fingerprint density at radius 2 is 1.95 bits per heavy atom. The van der Waals surface area contributed by atoms with Gasteiger partial charge in [-0.15, -0.1) is 11.3 Å². The van der Waals surface area contributed by atoms with Crippen molar-refractivity contribution in [2.45, 2.75) is 25.3 Å². The summed E-state index contributed by atoms with van der Waals surface area (Å²) in [5, 5.41) is 13.7. The first kappa shape index (κ1) is 16.7. The molecule has 1 aromatic heterocycles. The van der Waals surface area contributed by atoms with Crippen LogP contribution in [-0.4, -0.2) is 23.0 Å². The Kier molecular flexibility index (Phi) is 6.15. The highest BCUT2D eigenvalue weighted by molar-refractivity contribution is 9.10. The average Bonchev–Trinajstić information content (AvgIpc) is 2.92. The third-order valence-corrected chi connectivity index (χ3v) is 5.03. The second kappa shape index (κ2) is 8.10. The lowest BCUT2D eigenvalue weighted by molar-refractivity contribution is -0.137. The van der Waals surface area contributed by atoms with Gasteiger partial charge in [0.15, 0.2) is 0 Å². The van der Waals surface area contributed by atoms with Crippen LogP contribution in [0.2, 0.25) is 0 Å². The lowest BCUT2D eigenvalue weighted by atomic mass is 10.0. The predicted molar refractivity (Wildman–Crippen MR) is 90.3 cm³/mol. The lowest BCUT2D eigenvalue weighted by Gasteiger charge is -2.18. The molecular formula is C16H16BrNO3S. The van der Waals surface area contributed by atoms with Crippen LogP contribution in [0.15, 0.2) is 46.3 Å². The van der Waals surface area contributed by atoms with Gasteiger partial charge in [0.2, 0.25) is 0 Å². The van der Waals surface area contributed by atoms with Crippen LogP contribution in [0.1, 0.15) is 28.1 Å². The molecule has 6 heteroatoms. The zero-order valence-corrected chi connectivity index (χ0v) is 14.2. The van der Waals surface area contributed by atoms with Crippen LogP contribution >= 0.6 is 27.3 Å². The zero-order valence-electron chi connectivity index (χ0n) is 11.8. The second-order valence-electron chi connectivity index (χ2n) is 4.89. The van der Waals surface area contributed by atoms with Crippen molar-refractivity contribution >= 4 is 39.1 Å². The second-order valence-corrected chi connectivity index (χ2v) is 6.66. The largest absolute Gasteiger partial charge is 0.481 e. The fourth-order valence-corrected chi connectivity index (χ4v) is 3.58. The number of carboxylic acid groups (broad SMARTS) is 1. The van der Waals surface area contributed by atoms with Gasteiger partial charge in [0.25, 0.3) is 5.91 Å². The number of hydrogen-bond donors (Lipinski definition) is 2. The van der Waals surface area contributed by atoms with Gasteiger partial charge in [-0.05, 0) is 45.8 Å². The van der Waals surface area contributed by atoms with Crippen molar-refractivity contribution in [2.75, 3.05) is 0 Å². The van der Waals surface area contributed by atoms with Crippen molar-refractivity contribution in [1.82, 2.24) is 5.32 Å². The van der Waals surface area contributed by atoms with Crippen molar-refractivity contribution in [3.05, 3.63) is 56.7 Å². The number of amides is 1. The van der Waals surface area contributed by atoms with E-state index in [4.69, 9.17) is 5.11 Å². The van der Waals surface area contributed by atoms with Crippen molar-refractivity contribution in [3.63, 3.8) is 0 Å². The highest BCUT2D eigenvalue weighted by Crippen LogP contribution is 2.22. The SMILES string of the molecule is O=C(O)CCC(Cc1ccccc1)NC(=O)c1sccc1Br. The van der Waals surface area contributed by atoms with E-state index in [0.29, 0.717) is 17.7 Å². The van der Waals surface area contributed by atoms with Gasteiger partial charge in [0, 0.05) is 16.9 Å². The first-order valence-corrected chi connectivity index (χ1v) is 8.53. The summed E-state index contributed by atoms with van der Waals surface area (Å²) in [6.45, 7) is 0. The smallest absolute Gasteiger partial charge is 0.303 e. The number of carbonyl (C=O) groups is 2. The maximum atomic E-state index is 12.3. The molecule has 4 nitrogen and oxygen atoms in total. The molecule has 1 heterocycles. The van der Waals surface area contributed by atoms with Crippen LogP contribution in [0.25, 0.3) is 0 Å². The normalized spacial score (nSPS) is 11.9. The molecule has 0 fully saturated rings. The molecule has 0 saturated carbocycles. The minimum absolute atomic E-state index is 0.0311. The number of carboxylic acids is 1. The summed E-state index contributed by atoms with van der Waals surface area (Å²) >= 11 is 4.70. The number of rotatable bonds is 7. The minimum atomic E-state index is -0.857. The Labute approximate surface area is 141 Å². The molecule has 1 amide bonds. The molecule has 0 spiro atoms. The van der Waals surface area contributed by atoms with Gasteiger partial charge in [-0.1, -0.05) is 30.3 Å². The molecule has 0 saturated heterocycles. The topological polar surface area (TPSA) is 66.4 Å². The number of hydrogen-bond acceptors (Lipinski definition) is 3. The van der Waals surface area contributed by atoms with E-state index in [1.54, 1.807) is 0 Å². The average molecular weight is 382 g/mol. The number of halogens is 1. The molecule has 2 aromatic rings. The van der Waals surface area contributed by atoms with Crippen LogP contribution < -0.4 is 5.32 Å². The molecular weight excluding hydrogens is 366 g/mol. The lowest BCUT2D eigenvalue weighted by Crippen LogP contribution is -2.36. The van der Waals surface area contributed by atoms with Gasteiger partial charge in [-0.25, -0.2) is 0 Å². The van der Waals surface area contributed by atoms with Gasteiger partial charge in [0.05, 0.1) is 0 Å². The highest BCUT2D eigenvalue weighted by atomic mass is 79.9. The van der Waals surface area contributed by atoms with Crippen LogP contribution in [-0.2, 0) is 11.2 Å². The molecule has 0 aliphatic rings. The fourth-order valence-electron chi connectivity index (χ4n) is 2.13. The molecule has 1 atom stereocenters. The summed E-state index contributed by atoms with van der Waals surface area (Å²) in [7, 11) is 0. The maximum Gasteiger partial charge on any atom is 0.303 e. The van der Waals surface area contributed by atoms with Gasteiger partial charge in [-0.2, -0.15) is 0 Å². The van der Waals surface area contributed by atoms with Gasteiger partial charge < -0.3 is 10.4 Å². The minimum Gasteiger partial charge on any atom is -0.481 e. The third-order valence-electron chi connectivity index (χ3n) is 3.19. The van der Waals surface area contributed by atoms with Crippen molar-refractivity contribution in [3.8, 4) is 0 Å². The molecule has 2 rings (SSSR count). The van der Waals surface area contributed by atoms with E-state index in [0.717, 1.165) is 10.0 Å². The summed E-state index contributed by atoms with van der Waals surface area (Å²) in [6, 6.07) is 11.4. The highest BCUT2D eigenvalue weighted by Gasteiger charge is 2.18. The van der Waals surface area contributed by atoms with E-state index in [-0.39, 0.29) is 18.4 Å². The van der Waals surface area contributed by atoms with Crippen LogP contribution in [0.5, 0.6) is 0 Å². The molecule has 0 aliphatic carbocycles. The Morgan fingerprint density at radius 1 is 1.23 bits per heavy atom. The van der Waals surface area contributed by atoms with E-state index in [1.165, 1.54) is 11.3 Å². The zero-order chi connectivity index (χ0) is 15.9. The Hall–Kier alpha value is -1.66. The molecule has 1 aromatic carbocycles. The Bertz CT molecular complexity index is 642. The molecule has 22 heavy (non-hydrogen) atoms. The Morgan fingerprint density at radius 3 is 2.55 bits per heavy atom. The van der Waals surface area contributed by atoms with E-state index >= 15 is 0 Å². The molecule has 116 valence electrons.